The summed E-state index contributed by atoms with van der Waals surface area (Å²) in [5.74, 6) is 2.56. The van der Waals surface area contributed by atoms with Crippen LogP contribution in [0.4, 0.5) is 5.82 Å². The number of hydrogen-bond acceptors (Lipinski definition) is 8. The number of benzene rings is 1. The number of thioether (sulfide) groups is 1. The van der Waals surface area contributed by atoms with E-state index in [0.29, 0.717) is 27.6 Å². The molecule has 0 N–H and O–H groups in total. The zero-order valence-electron chi connectivity index (χ0n) is 19.7. The molecule has 1 fully saturated rings. The molecule has 0 bridgehead atoms. The van der Waals surface area contributed by atoms with E-state index in [-0.39, 0.29) is 5.91 Å². The molecule has 1 saturated heterocycles. The van der Waals surface area contributed by atoms with E-state index in [9.17, 15) is 4.79 Å². The molecule has 180 valence electrons. The van der Waals surface area contributed by atoms with E-state index in [1.165, 1.54) is 11.8 Å². The molecular weight excluding hydrogens is 462 g/mol. The molecule has 0 aliphatic carbocycles. The van der Waals surface area contributed by atoms with E-state index < -0.39 is 0 Å². The first-order valence-corrected chi connectivity index (χ1v) is 12.4. The molecule has 0 unspecified atom stereocenters. The van der Waals surface area contributed by atoms with Crippen molar-refractivity contribution in [3.63, 3.8) is 0 Å². The van der Waals surface area contributed by atoms with E-state index in [1.54, 1.807) is 20.3 Å². The van der Waals surface area contributed by atoms with Crippen LogP contribution in [0, 0.1) is 0 Å². The van der Waals surface area contributed by atoms with Gasteiger partial charge in [0, 0.05) is 45.8 Å². The van der Waals surface area contributed by atoms with Gasteiger partial charge >= 0.3 is 0 Å². The van der Waals surface area contributed by atoms with Gasteiger partial charge in [-0.25, -0.2) is 9.97 Å². The van der Waals surface area contributed by atoms with Crippen molar-refractivity contribution in [2.75, 3.05) is 71.2 Å². The van der Waals surface area contributed by atoms with Crippen molar-refractivity contribution < 1.29 is 14.3 Å². The molecule has 0 spiro atoms. The largest absolute Gasteiger partial charge is 0.493 e. The molecule has 8 nitrogen and oxygen atoms in total. The third-order valence-corrected chi connectivity index (χ3v) is 6.76. The van der Waals surface area contributed by atoms with Gasteiger partial charge in [0.2, 0.25) is 5.91 Å². The van der Waals surface area contributed by atoms with Crippen LogP contribution < -0.4 is 14.4 Å². The standard InChI is InChI=1S/C23H32ClN5O3S/c1-5-28-10-12-29(13-11-28)22(30)16-33-23-25-20(24)15-21(26-23)27(2)9-8-17-6-7-18(31-3)19(14-17)32-4/h6-7,14-15H,5,8-13,16H2,1-4H3. The van der Waals surface area contributed by atoms with E-state index in [0.717, 1.165) is 57.1 Å². The highest BCUT2D eigenvalue weighted by molar-refractivity contribution is 7.99. The van der Waals surface area contributed by atoms with Crippen LogP contribution >= 0.6 is 23.4 Å². The monoisotopic (exact) mass is 493 g/mol. The van der Waals surface area contributed by atoms with Crippen LogP contribution in [0.2, 0.25) is 5.15 Å². The molecular formula is C23H32ClN5O3S. The number of rotatable bonds is 10. The highest BCUT2D eigenvalue weighted by Crippen LogP contribution is 2.28. The first-order chi connectivity index (χ1) is 15.9. The minimum atomic E-state index is 0.114. The Balaban J connectivity index is 1.56. The number of hydrogen-bond donors (Lipinski definition) is 0. The zero-order valence-corrected chi connectivity index (χ0v) is 21.3. The van der Waals surface area contributed by atoms with Gasteiger partial charge < -0.3 is 24.2 Å². The first kappa shape index (κ1) is 25.4. The summed E-state index contributed by atoms with van der Waals surface area (Å²) < 4.78 is 10.7. The Labute approximate surface area is 205 Å². The third-order valence-electron chi connectivity index (χ3n) is 5.73. The van der Waals surface area contributed by atoms with Crippen LogP contribution in [0.1, 0.15) is 12.5 Å². The number of piperazine rings is 1. The maximum absolute atomic E-state index is 12.6. The maximum Gasteiger partial charge on any atom is 0.233 e. The molecule has 2 heterocycles. The average Bonchev–Trinajstić information content (AvgIpc) is 2.85. The number of carbonyl (C=O) groups is 1. The predicted molar refractivity (Wildman–Crippen MR) is 133 cm³/mol. The Morgan fingerprint density at radius 1 is 1.12 bits per heavy atom. The fourth-order valence-electron chi connectivity index (χ4n) is 3.62. The van der Waals surface area contributed by atoms with Crippen molar-refractivity contribution in [2.24, 2.45) is 0 Å². The third kappa shape index (κ3) is 7.12. The quantitative estimate of drug-likeness (QED) is 0.284. The molecule has 2 aromatic rings. The molecule has 1 aromatic heterocycles. The Hall–Kier alpha value is -2.23. The second-order valence-corrected chi connectivity index (χ2v) is 9.13. The number of likely N-dealkylation sites (N-methyl/N-ethyl adjacent to an activating group) is 2. The molecule has 1 aliphatic heterocycles. The summed E-state index contributed by atoms with van der Waals surface area (Å²) in [6.45, 7) is 7.29. The van der Waals surface area contributed by atoms with E-state index in [2.05, 4.69) is 21.8 Å². The normalized spacial score (nSPS) is 14.3. The minimum absolute atomic E-state index is 0.114. The van der Waals surface area contributed by atoms with Gasteiger partial charge in [0.15, 0.2) is 16.7 Å². The van der Waals surface area contributed by atoms with Gasteiger partial charge in [-0.2, -0.15) is 0 Å². The minimum Gasteiger partial charge on any atom is -0.493 e. The van der Waals surface area contributed by atoms with Crippen molar-refractivity contribution in [3.8, 4) is 11.5 Å². The van der Waals surface area contributed by atoms with Gasteiger partial charge in [0.05, 0.1) is 20.0 Å². The van der Waals surface area contributed by atoms with Crippen LogP contribution in [0.25, 0.3) is 0 Å². The highest BCUT2D eigenvalue weighted by atomic mass is 35.5. The van der Waals surface area contributed by atoms with Crippen LogP contribution in [0.5, 0.6) is 11.5 Å². The summed E-state index contributed by atoms with van der Waals surface area (Å²) in [6.07, 6.45) is 0.795. The van der Waals surface area contributed by atoms with Gasteiger partial charge in [0.1, 0.15) is 11.0 Å². The summed E-state index contributed by atoms with van der Waals surface area (Å²) in [5, 5.41) is 0.875. The number of methoxy groups -OCH3 is 2. The fraction of sp³-hybridized carbons (Fsp3) is 0.522. The smallest absolute Gasteiger partial charge is 0.233 e. The Morgan fingerprint density at radius 3 is 2.52 bits per heavy atom. The molecule has 1 aliphatic rings. The van der Waals surface area contributed by atoms with Gasteiger partial charge in [-0.15, -0.1) is 0 Å². The predicted octanol–water partition coefficient (Wildman–Crippen LogP) is 3.08. The molecule has 10 heteroatoms. The summed E-state index contributed by atoms with van der Waals surface area (Å²) in [4.78, 5) is 27.8. The molecule has 0 saturated carbocycles. The maximum atomic E-state index is 12.6. The van der Waals surface area contributed by atoms with Crippen LogP contribution in [-0.4, -0.2) is 92.0 Å². The number of nitrogens with zero attached hydrogens (tertiary/aromatic N) is 5. The topological polar surface area (TPSA) is 71.0 Å². The van der Waals surface area contributed by atoms with Crippen molar-refractivity contribution in [1.29, 1.82) is 0 Å². The number of ether oxygens (including phenoxy) is 2. The number of anilines is 1. The van der Waals surface area contributed by atoms with Crippen LogP contribution in [0.15, 0.2) is 29.4 Å². The van der Waals surface area contributed by atoms with Gasteiger partial charge in [-0.3, -0.25) is 4.79 Å². The first-order valence-electron chi connectivity index (χ1n) is 11.0. The SMILES string of the molecule is CCN1CCN(C(=O)CSc2nc(Cl)cc(N(C)CCc3ccc(OC)c(OC)c3)n2)CC1. The van der Waals surface area contributed by atoms with Gasteiger partial charge in [-0.05, 0) is 30.7 Å². The Morgan fingerprint density at radius 2 is 1.85 bits per heavy atom. The average molecular weight is 494 g/mol. The molecule has 0 radical (unpaired) electrons. The van der Waals surface area contributed by atoms with E-state index in [4.69, 9.17) is 21.1 Å². The van der Waals surface area contributed by atoms with Gasteiger partial charge in [-0.1, -0.05) is 36.4 Å². The highest BCUT2D eigenvalue weighted by Gasteiger charge is 2.20. The lowest BCUT2D eigenvalue weighted by Crippen LogP contribution is -2.49. The summed E-state index contributed by atoms with van der Waals surface area (Å²) in [6, 6.07) is 7.65. The van der Waals surface area contributed by atoms with Crippen molar-refractivity contribution in [1.82, 2.24) is 19.8 Å². The summed E-state index contributed by atoms with van der Waals surface area (Å²) >= 11 is 7.59. The lowest BCUT2D eigenvalue weighted by atomic mass is 10.1. The summed E-state index contributed by atoms with van der Waals surface area (Å²) in [7, 11) is 5.22. The van der Waals surface area contributed by atoms with Gasteiger partial charge in [0.25, 0.3) is 0 Å². The molecule has 3 rings (SSSR count). The number of carbonyl (C=O) groups excluding carboxylic acids is 1. The molecule has 1 amide bonds. The van der Waals surface area contributed by atoms with Crippen LogP contribution in [0.3, 0.4) is 0 Å². The van der Waals surface area contributed by atoms with Crippen molar-refractivity contribution in [3.05, 3.63) is 35.0 Å². The second-order valence-electron chi connectivity index (χ2n) is 7.80. The zero-order chi connectivity index (χ0) is 23.8. The van der Waals surface area contributed by atoms with Crippen LogP contribution in [-0.2, 0) is 11.2 Å². The summed E-state index contributed by atoms with van der Waals surface area (Å²) in [5.41, 5.74) is 1.13. The molecule has 33 heavy (non-hydrogen) atoms. The van der Waals surface area contributed by atoms with E-state index in [1.807, 2.05) is 35.0 Å². The van der Waals surface area contributed by atoms with E-state index >= 15 is 0 Å². The van der Waals surface area contributed by atoms with Crippen molar-refractivity contribution >= 4 is 35.1 Å². The lowest BCUT2D eigenvalue weighted by molar-refractivity contribution is -0.130. The fourth-order valence-corrected chi connectivity index (χ4v) is 4.61. The number of halogens is 1. The second kappa shape index (κ2) is 12.3. The molecule has 0 atom stereocenters. The number of aromatic nitrogens is 2. The Kier molecular flexibility index (Phi) is 9.46. The Bertz CT molecular complexity index is 940. The lowest BCUT2D eigenvalue weighted by Gasteiger charge is -2.34. The van der Waals surface area contributed by atoms with Crippen molar-refractivity contribution in [2.45, 2.75) is 18.5 Å². The number of amides is 1. The molecule has 1 aromatic carbocycles.